The second kappa shape index (κ2) is 8.79. The Morgan fingerprint density at radius 1 is 1.13 bits per heavy atom. The SMILES string of the molecule is CN(C)c1ncc(-c2ccc(Cl)cc2)c(C2CCCN(C(=O)c3ccccn3)C2)n1. The van der Waals surface area contributed by atoms with Crippen molar-refractivity contribution in [3.63, 3.8) is 0 Å². The van der Waals surface area contributed by atoms with Crippen LogP contribution in [-0.4, -0.2) is 52.9 Å². The molecule has 0 radical (unpaired) electrons. The summed E-state index contributed by atoms with van der Waals surface area (Å²) in [7, 11) is 3.86. The zero-order valence-corrected chi connectivity index (χ0v) is 17.9. The second-order valence-corrected chi connectivity index (χ2v) is 8.11. The molecule has 3 heterocycles. The summed E-state index contributed by atoms with van der Waals surface area (Å²) < 4.78 is 0. The summed E-state index contributed by atoms with van der Waals surface area (Å²) in [5.41, 5.74) is 3.45. The first-order chi connectivity index (χ1) is 14.5. The van der Waals surface area contributed by atoms with E-state index in [9.17, 15) is 4.79 Å². The Morgan fingerprint density at radius 2 is 1.93 bits per heavy atom. The predicted octanol–water partition coefficient (Wildman–Crippen LogP) is 4.28. The van der Waals surface area contributed by atoms with E-state index in [1.807, 2.05) is 66.5 Å². The van der Waals surface area contributed by atoms with E-state index in [0.29, 0.717) is 23.2 Å². The lowest BCUT2D eigenvalue weighted by Gasteiger charge is -2.33. The number of hydrogen-bond donors (Lipinski definition) is 0. The van der Waals surface area contributed by atoms with Crippen LogP contribution < -0.4 is 4.90 Å². The number of rotatable bonds is 4. The third-order valence-electron chi connectivity index (χ3n) is 5.34. The fourth-order valence-electron chi connectivity index (χ4n) is 3.80. The maximum atomic E-state index is 13.0. The van der Waals surface area contributed by atoms with Crippen LogP contribution in [0.3, 0.4) is 0 Å². The van der Waals surface area contributed by atoms with Crippen LogP contribution in [0.2, 0.25) is 5.02 Å². The number of anilines is 1. The Kier molecular flexibility index (Phi) is 5.95. The van der Waals surface area contributed by atoms with Gasteiger partial charge in [0.05, 0.1) is 5.69 Å². The summed E-state index contributed by atoms with van der Waals surface area (Å²) >= 11 is 6.08. The van der Waals surface area contributed by atoms with Gasteiger partial charge in [0.15, 0.2) is 0 Å². The van der Waals surface area contributed by atoms with Gasteiger partial charge in [0, 0.05) is 56.1 Å². The molecule has 0 saturated carbocycles. The molecule has 1 unspecified atom stereocenters. The van der Waals surface area contributed by atoms with Gasteiger partial charge >= 0.3 is 0 Å². The smallest absolute Gasteiger partial charge is 0.272 e. The minimum Gasteiger partial charge on any atom is -0.347 e. The van der Waals surface area contributed by atoms with Gasteiger partial charge < -0.3 is 9.80 Å². The Labute approximate surface area is 181 Å². The summed E-state index contributed by atoms with van der Waals surface area (Å²) in [4.78, 5) is 30.4. The Balaban J connectivity index is 1.68. The van der Waals surface area contributed by atoms with Crippen molar-refractivity contribution in [3.05, 3.63) is 71.3 Å². The van der Waals surface area contributed by atoms with Crippen molar-refractivity contribution < 1.29 is 4.79 Å². The van der Waals surface area contributed by atoms with Crippen LogP contribution in [0, 0.1) is 0 Å². The molecule has 1 amide bonds. The fraction of sp³-hybridized carbons (Fsp3) is 0.304. The number of benzene rings is 1. The minimum absolute atomic E-state index is 0.0322. The van der Waals surface area contributed by atoms with Gasteiger partial charge in [-0.25, -0.2) is 9.97 Å². The highest BCUT2D eigenvalue weighted by atomic mass is 35.5. The lowest BCUT2D eigenvalue weighted by Crippen LogP contribution is -2.39. The highest BCUT2D eigenvalue weighted by Gasteiger charge is 2.29. The normalized spacial score (nSPS) is 16.4. The molecule has 1 aliphatic rings. The van der Waals surface area contributed by atoms with Gasteiger partial charge in [-0.2, -0.15) is 0 Å². The van der Waals surface area contributed by atoms with Gasteiger partial charge in [0.1, 0.15) is 5.69 Å². The van der Waals surface area contributed by atoms with Crippen LogP contribution in [0.1, 0.15) is 34.9 Å². The molecule has 0 aliphatic carbocycles. The van der Waals surface area contributed by atoms with Gasteiger partial charge in [-0.3, -0.25) is 9.78 Å². The number of nitrogens with zero attached hydrogens (tertiary/aromatic N) is 5. The zero-order chi connectivity index (χ0) is 21.1. The van der Waals surface area contributed by atoms with Gasteiger partial charge in [0.25, 0.3) is 5.91 Å². The van der Waals surface area contributed by atoms with E-state index in [-0.39, 0.29) is 11.8 Å². The maximum absolute atomic E-state index is 13.0. The third-order valence-corrected chi connectivity index (χ3v) is 5.59. The predicted molar refractivity (Wildman–Crippen MR) is 119 cm³/mol. The van der Waals surface area contributed by atoms with Gasteiger partial charge in [0.2, 0.25) is 5.95 Å². The number of hydrogen-bond acceptors (Lipinski definition) is 5. The summed E-state index contributed by atoms with van der Waals surface area (Å²) in [6.45, 7) is 1.34. The van der Waals surface area contributed by atoms with Gasteiger partial charge in [-0.05, 0) is 42.7 Å². The van der Waals surface area contributed by atoms with Crippen LogP contribution in [0.25, 0.3) is 11.1 Å². The van der Waals surface area contributed by atoms with Crippen LogP contribution in [0.15, 0.2) is 54.9 Å². The lowest BCUT2D eigenvalue weighted by molar-refractivity contribution is 0.0700. The van der Waals surface area contributed by atoms with Crippen LogP contribution >= 0.6 is 11.6 Å². The Hall–Kier alpha value is -2.99. The van der Waals surface area contributed by atoms with Gasteiger partial charge in [-0.1, -0.05) is 29.8 Å². The molecule has 1 aromatic carbocycles. The highest BCUT2D eigenvalue weighted by Crippen LogP contribution is 2.34. The van der Waals surface area contributed by atoms with Crippen molar-refractivity contribution in [2.75, 3.05) is 32.1 Å². The molecular formula is C23H24ClN5O. The highest BCUT2D eigenvalue weighted by molar-refractivity contribution is 6.30. The maximum Gasteiger partial charge on any atom is 0.272 e. The van der Waals surface area contributed by atoms with E-state index in [1.165, 1.54) is 0 Å². The van der Waals surface area contributed by atoms with Crippen molar-refractivity contribution in [2.24, 2.45) is 0 Å². The monoisotopic (exact) mass is 421 g/mol. The first-order valence-electron chi connectivity index (χ1n) is 10.0. The average Bonchev–Trinajstić information content (AvgIpc) is 2.79. The zero-order valence-electron chi connectivity index (χ0n) is 17.1. The molecule has 0 bridgehead atoms. The first kappa shape index (κ1) is 20.3. The molecule has 0 N–H and O–H groups in total. The standard InChI is InChI=1S/C23H24ClN5O/c1-28(2)23-26-14-19(16-8-10-18(24)11-9-16)21(27-23)17-6-5-13-29(15-17)22(30)20-7-3-4-12-25-20/h3-4,7-12,14,17H,5-6,13,15H2,1-2H3. The molecule has 6 nitrogen and oxygen atoms in total. The first-order valence-corrected chi connectivity index (χ1v) is 10.4. The topological polar surface area (TPSA) is 62.2 Å². The number of pyridine rings is 1. The van der Waals surface area contributed by atoms with Crippen LogP contribution in [0.5, 0.6) is 0 Å². The van der Waals surface area contributed by atoms with Crippen molar-refractivity contribution >= 4 is 23.5 Å². The number of likely N-dealkylation sites (tertiary alicyclic amines) is 1. The van der Waals surface area contributed by atoms with Crippen LogP contribution in [0.4, 0.5) is 5.95 Å². The molecule has 0 spiro atoms. The van der Waals surface area contributed by atoms with Gasteiger partial charge in [-0.15, -0.1) is 0 Å². The average molecular weight is 422 g/mol. The van der Waals surface area contributed by atoms with E-state index in [0.717, 1.165) is 36.2 Å². The molecule has 1 fully saturated rings. The Bertz CT molecular complexity index is 1020. The molecule has 7 heteroatoms. The molecule has 4 rings (SSSR count). The molecule has 1 saturated heterocycles. The third kappa shape index (κ3) is 4.28. The molecular weight excluding hydrogens is 398 g/mol. The van der Waals surface area contributed by atoms with E-state index < -0.39 is 0 Å². The number of carbonyl (C=O) groups is 1. The fourth-order valence-corrected chi connectivity index (χ4v) is 3.93. The van der Waals surface area contributed by atoms with Crippen molar-refractivity contribution in [1.29, 1.82) is 0 Å². The summed E-state index contributed by atoms with van der Waals surface area (Å²) in [5.74, 6) is 0.755. The van der Waals surface area contributed by atoms with E-state index >= 15 is 0 Å². The quantitative estimate of drug-likeness (QED) is 0.629. The number of piperidine rings is 1. The Morgan fingerprint density at radius 3 is 2.63 bits per heavy atom. The molecule has 2 aromatic heterocycles. The molecule has 30 heavy (non-hydrogen) atoms. The largest absolute Gasteiger partial charge is 0.347 e. The van der Waals surface area contributed by atoms with E-state index in [1.54, 1.807) is 12.3 Å². The lowest BCUT2D eigenvalue weighted by atomic mass is 9.89. The molecule has 154 valence electrons. The van der Waals surface area contributed by atoms with E-state index in [4.69, 9.17) is 16.6 Å². The molecule has 1 atom stereocenters. The molecule has 1 aliphatic heterocycles. The van der Waals surface area contributed by atoms with Crippen molar-refractivity contribution in [2.45, 2.75) is 18.8 Å². The number of amides is 1. The number of halogens is 1. The summed E-state index contributed by atoms with van der Waals surface area (Å²) in [6, 6.07) is 13.1. The second-order valence-electron chi connectivity index (χ2n) is 7.68. The number of aromatic nitrogens is 3. The minimum atomic E-state index is -0.0322. The van der Waals surface area contributed by atoms with Crippen molar-refractivity contribution in [3.8, 4) is 11.1 Å². The summed E-state index contributed by atoms with van der Waals surface area (Å²) in [6.07, 6.45) is 5.42. The molecule has 3 aromatic rings. The van der Waals surface area contributed by atoms with Crippen LogP contribution in [-0.2, 0) is 0 Å². The summed E-state index contributed by atoms with van der Waals surface area (Å²) in [5, 5.41) is 0.691. The van der Waals surface area contributed by atoms with Crippen molar-refractivity contribution in [1.82, 2.24) is 19.9 Å². The number of carbonyl (C=O) groups excluding carboxylic acids is 1. The van der Waals surface area contributed by atoms with E-state index in [2.05, 4.69) is 9.97 Å².